The van der Waals surface area contributed by atoms with Gasteiger partial charge in [-0.25, -0.2) is 0 Å². The van der Waals surface area contributed by atoms with Crippen LogP contribution in [-0.2, 0) is 0 Å². The van der Waals surface area contributed by atoms with Gasteiger partial charge in [0.2, 0.25) is 0 Å². The molecule has 0 atom stereocenters. The van der Waals surface area contributed by atoms with E-state index in [2.05, 4.69) is 37.8 Å². The smallest absolute Gasteiger partial charge is 0.0880 e. The summed E-state index contributed by atoms with van der Waals surface area (Å²) >= 11 is 3.29. The summed E-state index contributed by atoms with van der Waals surface area (Å²) in [5, 5.41) is 3.30. The molecular weight excluding hydrogens is 244 g/mol. The Morgan fingerprint density at radius 1 is 1.57 bits per heavy atom. The zero-order chi connectivity index (χ0) is 10.4. The minimum atomic E-state index is 0.179. The molecule has 14 heavy (non-hydrogen) atoms. The molecule has 0 saturated carbocycles. The first kappa shape index (κ1) is 10.5. The summed E-state index contributed by atoms with van der Waals surface area (Å²) in [6.45, 7) is 0.179. The number of rotatable bonds is 1. The van der Waals surface area contributed by atoms with Crippen LogP contribution in [0.25, 0.3) is 10.4 Å². The quantitative estimate of drug-likeness (QED) is 0.269. The summed E-state index contributed by atoms with van der Waals surface area (Å²) in [5.41, 5.74) is 15.1. The standard InChI is InChI=1S/C9H7BrN4/c10-8-6-7(3-4-9(8)11)2-1-5-13-14-12/h3-4,6H,5,11H2. The first-order chi connectivity index (χ1) is 6.74. The molecule has 4 nitrogen and oxygen atoms in total. The largest absolute Gasteiger partial charge is 0.398 e. The highest BCUT2D eigenvalue weighted by Gasteiger charge is 1.94. The van der Waals surface area contributed by atoms with Gasteiger partial charge in [0, 0.05) is 20.6 Å². The van der Waals surface area contributed by atoms with E-state index in [4.69, 9.17) is 11.3 Å². The van der Waals surface area contributed by atoms with Crippen molar-refractivity contribution in [2.24, 2.45) is 5.11 Å². The summed E-state index contributed by atoms with van der Waals surface area (Å²) in [7, 11) is 0. The number of azide groups is 1. The van der Waals surface area contributed by atoms with Crippen LogP contribution in [-0.4, -0.2) is 6.54 Å². The second kappa shape index (κ2) is 5.18. The molecule has 0 heterocycles. The van der Waals surface area contributed by atoms with Crippen molar-refractivity contribution in [2.75, 3.05) is 12.3 Å². The Hall–Kier alpha value is -1.63. The Balaban J connectivity index is 2.80. The van der Waals surface area contributed by atoms with Crippen LogP contribution in [0, 0.1) is 11.8 Å². The van der Waals surface area contributed by atoms with Gasteiger partial charge < -0.3 is 5.73 Å². The van der Waals surface area contributed by atoms with E-state index < -0.39 is 0 Å². The van der Waals surface area contributed by atoms with Crippen LogP contribution in [0.3, 0.4) is 0 Å². The van der Waals surface area contributed by atoms with Gasteiger partial charge in [0.15, 0.2) is 0 Å². The molecule has 0 aliphatic rings. The molecule has 1 aromatic carbocycles. The summed E-state index contributed by atoms with van der Waals surface area (Å²) < 4.78 is 0.813. The molecule has 0 fully saturated rings. The minimum absolute atomic E-state index is 0.179. The van der Waals surface area contributed by atoms with Crippen LogP contribution in [0.1, 0.15) is 5.56 Å². The van der Waals surface area contributed by atoms with Crippen LogP contribution in [0.5, 0.6) is 0 Å². The Kier molecular flexibility index (Phi) is 3.86. The highest BCUT2D eigenvalue weighted by molar-refractivity contribution is 9.10. The second-order valence-corrected chi connectivity index (χ2v) is 3.28. The highest BCUT2D eigenvalue weighted by Crippen LogP contribution is 2.19. The number of nitrogens with two attached hydrogens (primary N) is 1. The van der Waals surface area contributed by atoms with Crippen molar-refractivity contribution in [3.8, 4) is 11.8 Å². The van der Waals surface area contributed by atoms with Crippen molar-refractivity contribution in [1.29, 1.82) is 0 Å². The minimum Gasteiger partial charge on any atom is -0.398 e. The molecule has 0 aliphatic heterocycles. The third-order valence-electron chi connectivity index (χ3n) is 1.45. The van der Waals surface area contributed by atoms with Crippen LogP contribution in [0.4, 0.5) is 5.69 Å². The molecule has 0 radical (unpaired) electrons. The third kappa shape index (κ3) is 3.02. The fourth-order valence-electron chi connectivity index (χ4n) is 0.813. The number of halogens is 1. The van der Waals surface area contributed by atoms with Gasteiger partial charge in [-0.05, 0) is 39.7 Å². The number of hydrogen-bond acceptors (Lipinski definition) is 2. The zero-order valence-corrected chi connectivity index (χ0v) is 8.82. The third-order valence-corrected chi connectivity index (χ3v) is 2.13. The second-order valence-electron chi connectivity index (χ2n) is 2.43. The zero-order valence-electron chi connectivity index (χ0n) is 7.24. The maximum atomic E-state index is 8.01. The number of benzene rings is 1. The summed E-state index contributed by atoms with van der Waals surface area (Å²) in [6, 6.07) is 5.39. The van der Waals surface area contributed by atoms with E-state index in [1.807, 2.05) is 12.1 Å². The lowest BCUT2D eigenvalue weighted by Gasteiger charge is -1.96. The van der Waals surface area contributed by atoms with E-state index in [9.17, 15) is 0 Å². The summed E-state index contributed by atoms with van der Waals surface area (Å²) in [5.74, 6) is 5.56. The molecule has 70 valence electrons. The maximum absolute atomic E-state index is 8.01. The number of hydrogen-bond donors (Lipinski definition) is 1. The molecule has 5 heteroatoms. The number of anilines is 1. The van der Waals surface area contributed by atoms with Crippen molar-refractivity contribution < 1.29 is 0 Å². The van der Waals surface area contributed by atoms with Gasteiger partial charge in [-0.15, -0.1) is 0 Å². The Morgan fingerprint density at radius 2 is 2.36 bits per heavy atom. The molecule has 1 rings (SSSR count). The van der Waals surface area contributed by atoms with Crippen LogP contribution in [0.2, 0.25) is 0 Å². The summed E-state index contributed by atoms with van der Waals surface area (Å²) in [4.78, 5) is 2.59. The van der Waals surface area contributed by atoms with E-state index in [1.54, 1.807) is 6.07 Å². The molecule has 0 aliphatic carbocycles. The Labute approximate surface area is 89.9 Å². The topological polar surface area (TPSA) is 74.8 Å². The molecule has 0 bridgehead atoms. The SMILES string of the molecule is [N-]=[N+]=NCC#Cc1ccc(N)c(Br)c1. The van der Waals surface area contributed by atoms with Crippen LogP contribution < -0.4 is 5.73 Å². The van der Waals surface area contributed by atoms with E-state index in [0.29, 0.717) is 5.69 Å². The van der Waals surface area contributed by atoms with Gasteiger partial charge >= 0.3 is 0 Å². The van der Waals surface area contributed by atoms with Crippen molar-refractivity contribution in [1.82, 2.24) is 0 Å². The van der Waals surface area contributed by atoms with Crippen molar-refractivity contribution in [2.45, 2.75) is 0 Å². The van der Waals surface area contributed by atoms with Crippen molar-refractivity contribution in [3.05, 3.63) is 38.7 Å². The monoisotopic (exact) mass is 250 g/mol. The van der Waals surface area contributed by atoms with Crippen LogP contribution >= 0.6 is 15.9 Å². The lowest BCUT2D eigenvalue weighted by molar-refractivity contribution is 1.25. The predicted molar refractivity (Wildman–Crippen MR) is 59.4 cm³/mol. The van der Waals surface area contributed by atoms with Gasteiger partial charge in [-0.1, -0.05) is 17.0 Å². The molecule has 0 unspecified atom stereocenters. The van der Waals surface area contributed by atoms with Gasteiger partial charge in [0.05, 0.1) is 6.54 Å². The average Bonchev–Trinajstić information content (AvgIpc) is 2.18. The van der Waals surface area contributed by atoms with Crippen LogP contribution in [0.15, 0.2) is 27.8 Å². The Bertz CT molecular complexity index is 438. The lowest BCUT2D eigenvalue weighted by atomic mass is 10.2. The molecular formula is C9H7BrN4. The Morgan fingerprint density at radius 3 is 3.00 bits per heavy atom. The van der Waals surface area contributed by atoms with Gasteiger partial charge in [0.1, 0.15) is 0 Å². The average molecular weight is 251 g/mol. The molecule has 0 saturated heterocycles. The van der Waals surface area contributed by atoms with Gasteiger partial charge in [-0.3, -0.25) is 0 Å². The molecule has 2 N–H and O–H groups in total. The lowest BCUT2D eigenvalue weighted by Crippen LogP contribution is -1.86. The van der Waals surface area contributed by atoms with E-state index in [-0.39, 0.29) is 6.54 Å². The number of nitrogen functional groups attached to an aromatic ring is 1. The van der Waals surface area contributed by atoms with Gasteiger partial charge in [0.25, 0.3) is 0 Å². The normalized spacial score (nSPS) is 8.36. The van der Waals surface area contributed by atoms with E-state index in [0.717, 1.165) is 10.0 Å². The fraction of sp³-hybridized carbons (Fsp3) is 0.111. The summed E-state index contributed by atoms with van der Waals surface area (Å²) in [6.07, 6.45) is 0. The van der Waals surface area contributed by atoms with E-state index >= 15 is 0 Å². The van der Waals surface area contributed by atoms with Crippen molar-refractivity contribution >= 4 is 21.6 Å². The first-order valence-electron chi connectivity index (χ1n) is 3.79. The molecule has 1 aromatic rings. The predicted octanol–water partition coefficient (Wildman–Crippen LogP) is 2.69. The number of nitrogens with zero attached hydrogens (tertiary/aromatic N) is 3. The highest BCUT2D eigenvalue weighted by atomic mass is 79.9. The maximum Gasteiger partial charge on any atom is 0.0880 e. The molecule has 0 amide bonds. The first-order valence-corrected chi connectivity index (χ1v) is 4.58. The molecule has 0 aromatic heterocycles. The molecule has 0 spiro atoms. The fourth-order valence-corrected chi connectivity index (χ4v) is 1.19. The van der Waals surface area contributed by atoms with Gasteiger partial charge in [-0.2, -0.15) is 0 Å². The van der Waals surface area contributed by atoms with E-state index in [1.165, 1.54) is 0 Å². The van der Waals surface area contributed by atoms with Crippen molar-refractivity contribution in [3.63, 3.8) is 0 Å².